The largest absolute Gasteiger partial charge is 0.495 e. The van der Waals surface area contributed by atoms with Gasteiger partial charge in [-0.1, -0.05) is 18.2 Å². The molecule has 2 aliphatic rings. The molecule has 35 heavy (non-hydrogen) atoms. The fourth-order valence-corrected chi connectivity index (χ4v) is 4.66. The second-order valence-electron chi connectivity index (χ2n) is 8.12. The molecule has 1 saturated heterocycles. The van der Waals surface area contributed by atoms with Crippen molar-refractivity contribution in [2.45, 2.75) is 24.0 Å². The summed E-state index contributed by atoms with van der Waals surface area (Å²) < 4.78 is 10.8. The van der Waals surface area contributed by atoms with Crippen molar-refractivity contribution < 1.29 is 19.1 Å². The zero-order valence-electron chi connectivity index (χ0n) is 19.1. The molecule has 0 spiro atoms. The maximum Gasteiger partial charge on any atom is 0.415 e. The highest BCUT2D eigenvalue weighted by Gasteiger charge is 2.33. The number of thioether (sulfide) groups is 1. The first kappa shape index (κ1) is 23.1. The van der Waals surface area contributed by atoms with Gasteiger partial charge < -0.3 is 20.1 Å². The van der Waals surface area contributed by atoms with Crippen LogP contribution < -0.4 is 20.3 Å². The van der Waals surface area contributed by atoms with Gasteiger partial charge in [0.1, 0.15) is 23.5 Å². The number of benzene rings is 1. The zero-order valence-corrected chi connectivity index (χ0v) is 19.9. The summed E-state index contributed by atoms with van der Waals surface area (Å²) in [6, 6.07) is 13.6. The van der Waals surface area contributed by atoms with Crippen LogP contribution in [-0.4, -0.2) is 59.2 Å². The van der Waals surface area contributed by atoms with Crippen molar-refractivity contribution in [3.05, 3.63) is 54.2 Å². The number of hydrogen-bond donors (Lipinski definition) is 2. The molecule has 11 heteroatoms. The first-order valence-corrected chi connectivity index (χ1v) is 12.2. The average Bonchev–Trinajstić information content (AvgIpc) is 3.26. The van der Waals surface area contributed by atoms with Crippen molar-refractivity contribution in [1.29, 1.82) is 0 Å². The Hall–Kier alpha value is -3.70. The molecule has 1 aromatic carbocycles. The van der Waals surface area contributed by atoms with Gasteiger partial charge in [-0.3, -0.25) is 9.69 Å². The maximum atomic E-state index is 12.4. The lowest BCUT2D eigenvalue weighted by molar-refractivity contribution is -0.113. The topological polar surface area (TPSA) is 119 Å². The maximum absolute atomic E-state index is 12.4. The predicted octanol–water partition coefficient (Wildman–Crippen LogP) is 3.10. The Morgan fingerprint density at radius 1 is 1.26 bits per heavy atom. The van der Waals surface area contributed by atoms with Crippen molar-refractivity contribution in [3.8, 4) is 17.0 Å². The van der Waals surface area contributed by atoms with E-state index in [4.69, 9.17) is 9.47 Å². The van der Waals surface area contributed by atoms with Gasteiger partial charge in [-0.15, -0.1) is 11.8 Å². The number of nitrogens with one attached hydrogen (secondary N) is 2. The van der Waals surface area contributed by atoms with Gasteiger partial charge in [-0.2, -0.15) is 10.2 Å². The van der Waals surface area contributed by atoms with E-state index < -0.39 is 6.09 Å². The van der Waals surface area contributed by atoms with Gasteiger partial charge in [0.2, 0.25) is 5.91 Å². The standard InChI is InChI=1S/C24H24N6O4S/c1-33-18-10-19(29-26-12-18)16-4-2-3-15(9-16)11-25-8-7-17-13-30(24(32)34-17)21-6-5-20-23(27-21)28-22(31)14-35-20/h2-6,9-10,12,17,25H,7-8,11,13-14H2,1H3,(H,27,28,31)/t17-/m0/s1. The van der Waals surface area contributed by atoms with E-state index >= 15 is 0 Å². The van der Waals surface area contributed by atoms with Crippen molar-refractivity contribution in [3.63, 3.8) is 0 Å². The normalized spacial score (nSPS) is 17.1. The van der Waals surface area contributed by atoms with Crippen LogP contribution in [0, 0.1) is 0 Å². The first-order chi connectivity index (χ1) is 17.1. The van der Waals surface area contributed by atoms with Gasteiger partial charge in [0.25, 0.3) is 0 Å². The number of fused-ring (bicyclic) bond motifs is 1. The number of methoxy groups -OCH3 is 1. The first-order valence-electron chi connectivity index (χ1n) is 11.2. The van der Waals surface area contributed by atoms with E-state index in [1.165, 1.54) is 16.7 Å². The van der Waals surface area contributed by atoms with Crippen LogP contribution in [0.25, 0.3) is 11.3 Å². The van der Waals surface area contributed by atoms with Crippen molar-refractivity contribution >= 4 is 35.4 Å². The summed E-state index contributed by atoms with van der Waals surface area (Å²) in [5.41, 5.74) is 2.82. The summed E-state index contributed by atoms with van der Waals surface area (Å²) in [5.74, 6) is 1.90. The molecule has 1 fully saturated rings. The lowest BCUT2D eigenvalue weighted by Crippen LogP contribution is -2.28. The summed E-state index contributed by atoms with van der Waals surface area (Å²) in [6.45, 7) is 1.76. The molecule has 0 aliphatic carbocycles. The molecule has 3 aromatic rings. The minimum absolute atomic E-state index is 0.0953. The fraction of sp³-hybridized carbons (Fsp3) is 0.292. The second kappa shape index (κ2) is 10.3. The highest BCUT2D eigenvalue weighted by atomic mass is 32.2. The van der Waals surface area contributed by atoms with Crippen LogP contribution in [0.1, 0.15) is 12.0 Å². The van der Waals surface area contributed by atoms with Crippen LogP contribution >= 0.6 is 11.8 Å². The molecule has 2 amide bonds. The minimum atomic E-state index is -0.427. The number of pyridine rings is 1. The molecule has 0 radical (unpaired) electrons. The lowest BCUT2D eigenvalue weighted by atomic mass is 10.1. The van der Waals surface area contributed by atoms with E-state index in [9.17, 15) is 9.59 Å². The van der Waals surface area contributed by atoms with E-state index in [2.05, 4.69) is 31.9 Å². The quantitative estimate of drug-likeness (QED) is 0.457. The summed E-state index contributed by atoms with van der Waals surface area (Å²) in [7, 11) is 1.60. The Kier molecular flexibility index (Phi) is 6.77. The van der Waals surface area contributed by atoms with Gasteiger partial charge in [0.15, 0.2) is 0 Å². The monoisotopic (exact) mass is 492 g/mol. The number of anilines is 2. The van der Waals surface area contributed by atoms with Gasteiger partial charge in [-0.05, 0) is 36.7 Å². The molecule has 4 heterocycles. The number of cyclic esters (lactones) is 1. The summed E-state index contributed by atoms with van der Waals surface area (Å²) in [6.07, 6.45) is 1.57. The van der Waals surface area contributed by atoms with Crippen molar-refractivity contribution in [1.82, 2.24) is 20.5 Å². The third-order valence-electron chi connectivity index (χ3n) is 5.67. The molecule has 180 valence electrons. The molecular formula is C24H24N6O4S. The number of carbonyl (C=O) groups excluding carboxylic acids is 2. The fourth-order valence-electron chi connectivity index (χ4n) is 3.90. The van der Waals surface area contributed by atoms with Crippen LogP contribution in [-0.2, 0) is 16.1 Å². The van der Waals surface area contributed by atoms with Gasteiger partial charge in [-0.25, -0.2) is 9.78 Å². The molecule has 0 bridgehead atoms. The zero-order chi connectivity index (χ0) is 24.2. The number of nitrogens with zero attached hydrogens (tertiary/aromatic N) is 4. The van der Waals surface area contributed by atoms with Crippen molar-refractivity contribution in [2.24, 2.45) is 0 Å². The molecule has 1 atom stereocenters. The molecule has 10 nitrogen and oxygen atoms in total. The molecule has 2 aliphatic heterocycles. The van der Waals surface area contributed by atoms with Crippen LogP contribution in [0.2, 0.25) is 0 Å². The Bertz CT molecular complexity index is 1260. The van der Waals surface area contributed by atoms with Crippen molar-refractivity contribution in [2.75, 3.05) is 36.2 Å². The number of amides is 2. The Balaban J connectivity index is 1.13. The summed E-state index contributed by atoms with van der Waals surface area (Å²) in [4.78, 5) is 30.9. The highest BCUT2D eigenvalue weighted by molar-refractivity contribution is 8.00. The summed E-state index contributed by atoms with van der Waals surface area (Å²) in [5, 5.41) is 14.3. The number of ether oxygens (including phenoxy) is 2. The van der Waals surface area contributed by atoms with Gasteiger partial charge in [0.05, 0.1) is 36.2 Å². The molecule has 0 unspecified atom stereocenters. The van der Waals surface area contributed by atoms with E-state index in [0.29, 0.717) is 49.2 Å². The third-order valence-corrected chi connectivity index (χ3v) is 6.72. The number of hydrogen-bond acceptors (Lipinski definition) is 9. The van der Waals surface area contributed by atoms with E-state index in [0.717, 1.165) is 21.7 Å². The molecule has 5 rings (SSSR count). The number of rotatable bonds is 8. The SMILES string of the molecule is COc1cnnc(-c2cccc(CNCC[C@H]3CN(c4ccc5c(n4)NC(=O)CS5)C(=O)O3)c2)c1. The van der Waals surface area contributed by atoms with E-state index in [1.54, 1.807) is 19.4 Å². The van der Waals surface area contributed by atoms with Crippen LogP contribution in [0.5, 0.6) is 5.75 Å². The van der Waals surface area contributed by atoms with Crippen LogP contribution in [0.15, 0.2) is 53.6 Å². The Morgan fingerprint density at radius 2 is 2.17 bits per heavy atom. The molecule has 0 saturated carbocycles. The Morgan fingerprint density at radius 3 is 3.06 bits per heavy atom. The second-order valence-corrected chi connectivity index (χ2v) is 9.13. The minimum Gasteiger partial charge on any atom is -0.495 e. The summed E-state index contributed by atoms with van der Waals surface area (Å²) >= 11 is 1.43. The predicted molar refractivity (Wildman–Crippen MR) is 132 cm³/mol. The van der Waals surface area contributed by atoms with Crippen LogP contribution in [0.3, 0.4) is 0 Å². The molecular weight excluding hydrogens is 468 g/mol. The average molecular weight is 493 g/mol. The number of aromatic nitrogens is 3. The smallest absolute Gasteiger partial charge is 0.415 e. The molecule has 2 N–H and O–H groups in total. The lowest BCUT2D eigenvalue weighted by Gasteiger charge is -2.18. The molecule has 2 aromatic heterocycles. The van der Waals surface area contributed by atoms with Crippen LogP contribution in [0.4, 0.5) is 16.4 Å². The van der Waals surface area contributed by atoms with E-state index in [1.807, 2.05) is 30.3 Å². The highest BCUT2D eigenvalue weighted by Crippen LogP contribution is 2.32. The van der Waals surface area contributed by atoms with Gasteiger partial charge in [0, 0.05) is 18.2 Å². The Labute approximate surface area is 206 Å². The number of carbonyl (C=O) groups is 2. The van der Waals surface area contributed by atoms with Gasteiger partial charge >= 0.3 is 6.09 Å². The third kappa shape index (κ3) is 5.36. The van der Waals surface area contributed by atoms with E-state index in [-0.39, 0.29) is 12.0 Å².